The summed E-state index contributed by atoms with van der Waals surface area (Å²) in [5, 5.41) is 12.4. The van der Waals surface area contributed by atoms with E-state index in [9.17, 15) is 14.7 Å². The predicted molar refractivity (Wildman–Crippen MR) is 78.0 cm³/mol. The van der Waals surface area contributed by atoms with Crippen LogP contribution < -0.4 is 5.32 Å². The van der Waals surface area contributed by atoms with Crippen molar-refractivity contribution < 1.29 is 19.4 Å². The fourth-order valence-electron chi connectivity index (χ4n) is 3.21. The number of rotatable bonds is 5. The maximum absolute atomic E-state index is 12.1. The Balaban J connectivity index is 1.79. The van der Waals surface area contributed by atoms with E-state index < -0.39 is 11.4 Å². The van der Waals surface area contributed by atoms with Crippen LogP contribution in [0.2, 0.25) is 0 Å². The van der Waals surface area contributed by atoms with Crippen molar-refractivity contribution in [2.45, 2.75) is 33.1 Å². The standard InChI is InChI=1S/C15H26N2O4/c1-11(2)15(13(18)19)5-7-17(10-15)14(20)16-6-3-12-4-8-21-9-12/h11-12H,3-10H2,1-2H3,(H,16,20)(H,18,19). The molecule has 0 spiro atoms. The quantitative estimate of drug-likeness (QED) is 0.807. The third kappa shape index (κ3) is 3.48. The lowest BCUT2D eigenvalue weighted by atomic mass is 9.76. The topological polar surface area (TPSA) is 78.9 Å². The van der Waals surface area contributed by atoms with Gasteiger partial charge in [0.25, 0.3) is 0 Å². The van der Waals surface area contributed by atoms with Crippen LogP contribution in [0.3, 0.4) is 0 Å². The smallest absolute Gasteiger partial charge is 0.317 e. The highest BCUT2D eigenvalue weighted by molar-refractivity contribution is 5.80. The largest absolute Gasteiger partial charge is 0.481 e. The van der Waals surface area contributed by atoms with Crippen LogP contribution in [0, 0.1) is 17.3 Å². The molecule has 0 aromatic heterocycles. The number of likely N-dealkylation sites (tertiary alicyclic amines) is 1. The Morgan fingerprint density at radius 1 is 1.48 bits per heavy atom. The molecule has 2 rings (SSSR count). The molecule has 0 aliphatic carbocycles. The number of hydrogen-bond donors (Lipinski definition) is 2. The van der Waals surface area contributed by atoms with Crippen LogP contribution in [0.25, 0.3) is 0 Å². The maximum atomic E-state index is 12.1. The van der Waals surface area contributed by atoms with E-state index in [2.05, 4.69) is 5.32 Å². The minimum Gasteiger partial charge on any atom is -0.481 e. The second kappa shape index (κ2) is 6.64. The summed E-state index contributed by atoms with van der Waals surface area (Å²) in [5.74, 6) is -0.239. The van der Waals surface area contributed by atoms with Crippen LogP contribution in [0.4, 0.5) is 4.79 Å². The van der Waals surface area contributed by atoms with E-state index in [1.54, 1.807) is 4.90 Å². The van der Waals surface area contributed by atoms with Gasteiger partial charge in [0, 0.05) is 32.8 Å². The minimum absolute atomic E-state index is 0.0171. The molecule has 2 atom stereocenters. The summed E-state index contributed by atoms with van der Waals surface area (Å²) in [6, 6.07) is -0.141. The van der Waals surface area contributed by atoms with Crippen molar-refractivity contribution in [2.75, 3.05) is 32.8 Å². The zero-order chi connectivity index (χ0) is 15.5. The van der Waals surface area contributed by atoms with Crippen LogP contribution in [-0.4, -0.2) is 54.9 Å². The molecule has 2 N–H and O–H groups in total. The molecule has 2 saturated heterocycles. The first kappa shape index (κ1) is 16.1. The van der Waals surface area contributed by atoms with Gasteiger partial charge in [-0.3, -0.25) is 4.79 Å². The third-order valence-corrected chi connectivity index (χ3v) is 4.97. The molecule has 0 aromatic carbocycles. The molecule has 120 valence electrons. The summed E-state index contributed by atoms with van der Waals surface area (Å²) in [7, 11) is 0. The molecule has 0 radical (unpaired) electrons. The summed E-state index contributed by atoms with van der Waals surface area (Å²) >= 11 is 0. The van der Waals surface area contributed by atoms with Crippen molar-refractivity contribution in [3.63, 3.8) is 0 Å². The monoisotopic (exact) mass is 298 g/mol. The van der Waals surface area contributed by atoms with Gasteiger partial charge in [0.05, 0.1) is 5.41 Å². The van der Waals surface area contributed by atoms with Crippen LogP contribution in [0.5, 0.6) is 0 Å². The van der Waals surface area contributed by atoms with Crippen molar-refractivity contribution in [3.05, 3.63) is 0 Å². The van der Waals surface area contributed by atoms with E-state index >= 15 is 0 Å². The molecule has 0 aromatic rings. The summed E-state index contributed by atoms with van der Waals surface area (Å²) in [6.45, 7) is 6.88. The van der Waals surface area contributed by atoms with Crippen LogP contribution in [-0.2, 0) is 9.53 Å². The fraction of sp³-hybridized carbons (Fsp3) is 0.867. The highest BCUT2D eigenvalue weighted by Crippen LogP contribution is 2.38. The van der Waals surface area contributed by atoms with Crippen LogP contribution in [0.1, 0.15) is 33.1 Å². The van der Waals surface area contributed by atoms with E-state index in [-0.39, 0.29) is 11.9 Å². The number of urea groups is 1. The lowest BCUT2D eigenvalue weighted by Gasteiger charge is -2.28. The molecule has 0 saturated carbocycles. The fourth-order valence-corrected chi connectivity index (χ4v) is 3.21. The average Bonchev–Trinajstić information content (AvgIpc) is 3.08. The van der Waals surface area contributed by atoms with E-state index in [1.165, 1.54) is 0 Å². The number of amides is 2. The van der Waals surface area contributed by atoms with Crippen LogP contribution in [0.15, 0.2) is 0 Å². The van der Waals surface area contributed by atoms with Gasteiger partial charge in [-0.05, 0) is 31.1 Å². The molecule has 0 bridgehead atoms. The molecular formula is C15H26N2O4. The summed E-state index contributed by atoms with van der Waals surface area (Å²) in [5.41, 5.74) is -0.795. The summed E-state index contributed by atoms with van der Waals surface area (Å²) in [6.07, 6.45) is 2.52. The number of carboxylic acids is 1. The second-order valence-corrected chi connectivity index (χ2v) is 6.54. The molecule has 2 heterocycles. The number of carbonyl (C=O) groups is 2. The van der Waals surface area contributed by atoms with Gasteiger partial charge in [0.15, 0.2) is 0 Å². The van der Waals surface area contributed by atoms with Crippen molar-refractivity contribution in [1.82, 2.24) is 10.2 Å². The van der Waals surface area contributed by atoms with Crippen molar-refractivity contribution in [1.29, 1.82) is 0 Å². The SMILES string of the molecule is CC(C)C1(C(=O)O)CCN(C(=O)NCCC2CCOC2)C1. The van der Waals surface area contributed by atoms with Crippen LogP contribution >= 0.6 is 0 Å². The highest BCUT2D eigenvalue weighted by Gasteiger charge is 2.48. The van der Waals surface area contributed by atoms with E-state index in [0.29, 0.717) is 32.0 Å². The Hall–Kier alpha value is -1.30. The second-order valence-electron chi connectivity index (χ2n) is 6.54. The van der Waals surface area contributed by atoms with E-state index in [1.807, 2.05) is 13.8 Å². The maximum Gasteiger partial charge on any atom is 0.317 e. The van der Waals surface area contributed by atoms with Gasteiger partial charge in [0.1, 0.15) is 0 Å². The Morgan fingerprint density at radius 2 is 2.24 bits per heavy atom. The Kier molecular flexibility index (Phi) is 5.08. The normalized spacial score (nSPS) is 29.1. The van der Waals surface area contributed by atoms with Gasteiger partial charge >= 0.3 is 12.0 Å². The number of carboxylic acid groups (broad SMARTS) is 1. The molecule has 21 heavy (non-hydrogen) atoms. The number of nitrogens with one attached hydrogen (secondary N) is 1. The van der Waals surface area contributed by atoms with Crippen molar-refractivity contribution >= 4 is 12.0 Å². The molecule has 2 unspecified atom stereocenters. The molecule has 2 fully saturated rings. The average molecular weight is 298 g/mol. The zero-order valence-corrected chi connectivity index (χ0v) is 12.9. The molecule has 6 heteroatoms. The highest BCUT2D eigenvalue weighted by atomic mass is 16.5. The van der Waals surface area contributed by atoms with Gasteiger partial charge < -0.3 is 20.1 Å². The van der Waals surface area contributed by atoms with Gasteiger partial charge in [-0.15, -0.1) is 0 Å². The predicted octanol–water partition coefficient (Wildman–Crippen LogP) is 1.56. The van der Waals surface area contributed by atoms with Gasteiger partial charge in [-0.2, -0.15) is 0 Å². The summed E-state index contributed by atoms with van der Waals surface area (Å²) < 4.78 is 5.31. The first-order valence-electron chi connectivity index (χ1n) is 7.79. The lowest BCUT2D eigenvalue weighted by Crippen LogP contribution is -2.44. The third-order valence-electron chi connectivity index (χ3n) is 4.97. The number of carbonyl (C=O) groups excluding carboxylic acids is 1. The zero-order valence-electron chi connectivity index (χ0n) is 12.9. The van der Waals surface area contributed by atoms with E-state index in [0.717, 1.165) is 26.1 Å². The van der Waals surface area contributed by atoms with Gasteiger partial charge in [0.2, 0.25) is 0 Å². The van der Waals surface area contributed by atoms with E-state index in [4.69, 9.17) is 4.74 Å². The number of nitrogens with zero attached hydrogens (tertiary/aromatic N) is 1. The first-order chi connectivity index (χ1) is 9.95. The molecule has 2 aliphatic rings. The Bertz CT molecular complexity index is 393. The molecular weight excluding hydrogens is 272 g/mol. The van der Waals surface area contributed by atoms with Crippen molar-refractivity contribution in [2.24, 2.45) is 17.3 Å². The van der Waals surface area contributed by atoms with Crippen molar-refractivity contribution in [3.8, 4) is 0 Å². The Labute approximate surface area is 125 Å². The number of aliphatic carboxylic acids is 1. The number of ether oxygens (including phenoxy) is 1. The lowest BCUT2D eigenvalue weighted by molar-refractivity contribution is -0.150. The minimum atomic E-state index is -0.795. The van der Waals surface area contributed by atoms with Gasteiger partial charge in [-0.25, -0.2) is 4.79 Å². The van der Waals surface area contributed by atoms with Gasteiger partial charge in [-0.1, -0.05) is 13.8 Å². The first-order valence-corrected chi connectivity index (χ1v) is 7.79. The molecule has 6 nitrogen and oxygen atoms in total. The molecule has 2 amide bonds. The summed E-state index contributed by atoms with van der Waals surface area (Å²) in [4.78, 5) is 25.3. The number of hydrogen-bond acceptors (Lipinski definition) is 3. The molecule has 2 aliphatic heterocycles. The Morgan fingerprint density at radius 3 is 2.76 bits per heavy atom.